The Morgan fingerprint density at radius 1 is 1.14 bits per heavy atom. The number of hydrogen-bond donors (Lipinski definition) is 0. The van der Waals surface area contributed by atoms with Gasteiger partial charge in [0.15, 0.2) is 0 Å². The van der Waals surface area contributed by atoms with Gasteiger partial charge in [0.05, 0.1) is 4.21 Å². The van der Waals surface area contributed by atoms with E-state index in [4.69, 9.17) is 0 Å². The van der Waals surface area contributed by atoms with Crippen LogP contribution in [0.1, 0.15) is 17.2 Å². The highest BCUT2D eigenvalue weighted by Crippen LogP contribution is 2.45. The molecule has 1 saturated heterocycles. The normalized spacial score (nSPS) is 22.9. The van der Waals surface area contributed by atoms with Crippen molar-refractivity contribution in [1.29, 1.82) is 0 Å². The van der Waals surface area contributed by atoms with E-state index in [9.17, 15) is 4.39 Å². The lowest BCUT2D eigenvalue weighted by molar-refractivity contribution is 0.110. The summed E-state index contributed by atoms with van der Waals surface area (Å²) in [6, 6.07) is 7.94. The first kappa shape index (κ1) is 14.7. The number of benzene rings is 1. The molecular formula is C17H19FN2S2. The van der Waals surface area contributed by atoms with Crippen LogP contribution in [0.15, 0.2) is 38.8 Å². The molecule has 2 aliphatic rings. The highest BCUT2D eigenvalue weighted by molar-refractivity contribution is 8.01. The summed E-state index contributed by atoms with van der Waals surface area (Å²) in [7, 11) is 2.19. The largest absolute Gasteiger partial charge is 0.304 e. The van der Waals surface area contributed by atoms with Crippen molar-refractivity contribution in [2.45, 2.75) is 21.6 Å². The van der Waals surface area contributed by atoms with Gasteiger partial charge in [-0.3, -0.25) is 4.90 Å². The minimum absolute atomic E-state index is 0.137. The first-order chi connectivity index (χ1) is 10.7. The van der Waals surface area contributed by atoms with Crippen LogP contribution in [0.4, 0.5) is 4.39 Å². The van der Waals surface area contributed by atoms with Crippen molar-refractivity contribution in [2.24, 2.45) is 0 Å². The van der Waals surface area contributed by atoms with Crippen molar-refractivity contribution >= 4 is 23.1 Å². The number of thiophene rings is 1. The van der Waals surface area contributed by atoms with E-state index in [0.29, 0.717) is 6.04 Å². The van der Waals surface area contributed by atoms with E-state index >= 15 is 0 Å². The third kappa shape index (κ3) is 2.71. The number of halogens is 1. The summed E-state index contributed by atoms with van der Waals surface area (Å²) in [6.45, 7) is 4.47. The summed E-state index contributed by atoms with van der Waals surface area (Å²) in [5.41, 5.74) is 2.70. The fourth-order valence-corrected chi connectivity index (χ4v) is 5.59. The fraction of sp³-hybridized carbons (Fsp3) is 0.412. The topological polar surface area (TPSA) is 6.48 Å². The van der Waals surface area contributed by atoms with Crippen LogP contribution in [0, 0.1) is 5.82 Å². The molecule has 0 bridgehead atoms. The van der Waals surface area contributed by atoms with Crippen LogP contribution in [-0.2, 0) is 6.42 Å². The number of hydrogen-bond acceptors (Lipinski definition) is 4. The van der Waals surface area contributed by atoms with Crippen molar-refractivity contribution in [3.05, 3.63) is 46.6 Å². The lowest BCUT2D eigenvalue weighted by Crippen LogP contribution is -2.46. The Morgan fingerprint density at radius 2 is 1.95 bits per heavy atom. The second-order valence-electron chi connectivity index (χ2n) is 6.08. The summed E-state index contributed by atoms with van der Waals surface area (Å²) < 4.78 is 14.9. The molecule has 1 atom stereocenters. The van der Waals surface area contributed by atoms with Crippen molar-refractivity contribution in [3.63, 3.8) is 0 Å². The summed E-state index contributed by atoms with van der Waals surface area (Å²) in [5, 5.41) is 2.17. The van der Waals surface area contributed by atoms with E-state index in [2.05, 4.69) is 28.3 Å². The number of nitrogens with zero attached hydrogens (tertiary/aromatic N) is 2. The number of rotatable bonds is 1. The third-order valence-corrected chi connectivity index (χ3v) is 6.92. The monoisotopic (exact) mass is 334 g/mol. The molecule has 4 rings (SSSR count). The zero-order chi connectivity index (χ0) is 15.1. The van der Waals surface area contributed by atoms with Gasteiger partial charge >= 0.3 is 0 Å². The van der Waals surface area contributed by atoms with Gasteiger partial charge in [0.2, 0.25) is 0 Å². The summed E-state index contributed by atoms with van der Waals surface area (Å²) in [5.74, 6) is -0.137. The zero-order valence-electron chi connectivity index (χ0n) is 12.6. The summed E-state index contributed by atoms with van der Waals surface area (Å²) in [4.78, 5) is 6.07. The molecule has 1 fully saturated rings. The van der Waals surface area contributed by atoms with Gasteiger partial charge in [-0.15, -0.1) is 11.3 Å². The van der Waals surface area contributed by atoms with Crippen LogP contribution in [0.25, 0.3) is 0 Å². The SMILES string of the molecule is CN1CCN(C2Cc3ccc(F)cc3Sc3sccc32)CC1. The lowest BCUT2D eigenvalue weighted by atomic mass is 9.99. The van der Waals surface area contributed by atoms with Crippen LogP contribution < -0.4 is 0 Å². The van der Waals surface area contributed by atoms with Crippen LogP contribution in [0.2, 0.25) is 0 Å². The third-order valence-electron chi connectivity index (χ3n) is 4.64. The Labute approximate surface area is 138 Å². The van der Waals surface area contributed by atoms with Crippen molar-refractivity contribution in [2.75, 3.05) is 33.2 Å². The molecule has 116 valence electrons. The number of likely N-dealkylation sites (N-methyl/N-ethyl adjacent to an activating group) is 1. The van der Waals surface area contributed by atoms with Gasteiger partial charge in [-0.1, -0.05) is 17.8 Å². The average Bonchev–Trinajstić information content (AvgIpc) is 2.90. The predicted molar refractivity (Wildman–Crippen MR) is 90.4 cm³/mol. The summed E-state index contributed by atoms with van der Waals surface area (Å²) >= 11 is 3.51. The van der Waals surface area contributed by atoms with Crippen LogP contribution in [0.3, 0.4) is 0 Å². The van der Waals surface area contributed by atoms with Crippen LogP contribution >= 0.6 is 23.1 Å². The molecule has 1 aromatic heterocycles. The molecule has 22 heavy (non-hydrogen) atoms. The molecule has 0 amide bonds. The molecule has 2 nitrogen and oxygen atoms in total. The van der Waals surface area contributed by atoms with Gasteiger partial charge in [-0.25, -0.2) is 4.39 Å². The Balaban J connectivity index is 1.71. The first-order valence-electron chi connectivity index (χ1n) is 7.67. The Morgan fingerprint density at radius 3 is 2.77 bits per heavy atom. The van der Waals surface area contributed by atoms with Crippen LogP contribution in [0.5, 0.6) is 0 Å². The highest BCUT2D eigenvalue weighted by atomic mass is 32.2. The maximum Gasteiger partial charge on any atom is 0.124 e. The standard InChI is InChI=1S/C17H19FN2S2/c1-19-5-7-20(8-6-19)15-10-12-2-3-13(18)11-16(12)22-17-14(15)4-9-21-17/h2-4,9,11,15H,5-8,10H2,1H3. The second kappa shape index (κ2) is 5.96. The molecule has 3 heterocycles. The minimum atomic E-state index is -0.137. The van der Waals surface area contributed by atoms with Crippen molar-refractivity contribution < 1.29 is 4.39 Å². The fourth-order valence-electron chi connectivity index (χ4n) is 3.30. The quantitative estimate of drug-likeness (QED) is 0.781. The van der Waals surface area contributed by atoms with E-state index in [1.165, 1.54) is 15.3 Å². The van der Waals surface area contributed by atoms with E-state index in [0.717, 1.165) is 37.5 Å². The zero-order valence-corrected chi connectivity index (χ0v) is 14.2. The first-order valence-corrected chi connectivity index (χ1v) is 9.36. The smallest absolute Gasteiger partial charge is 0.124 e. The molecular weight excluding hydrogens is 315 g/mol. The highest BCUT2D eigenvalue weighted by Gasteiger charge is 2.30. The maximum absolute atomic E-state index is 13.6. The average molecular weight is 334 g/mol. The van der Waals surface area contributed by atoms with Crippen molar-refractivity contribution in [1.82, 2.24) is 9.80 Å². The van der Waals surface area contributed by atoms with Gasteiger partial charge in [-0.05, 0) is 48.2 Å². The Kier molecular flexibility index (Phi) is 3.98. The van der Waals surface area contributed by atoms with Gasteiger partial charge in [0.1, 0.15) is 5.82 Å². The second-order valence-corrected chi connectivity index (χ2v) is 8.30. The predicted octanol–water partition coefficient (Wildman–Crippen LogP) is 3.88. The van der Waals surface area contributed by atoms with Gasteiger partial charge in [0.25, 0.3) is 0 Å². The molecule has 1 aromatic carbocycles. The maximum atomic E-state index is 13.6. The molecule has 0 spiro atoms. The molecule has 0 N–H and O–H groups in total. The number of piperazine rings is 1. The van der Waals surface area contributed by atoms with Gasteiger partial charge in [-0.2, -0.15) is 0 Å². The minimum Gasteiger partial charge on any atom is -0.304 e. The van der Waals surface area contributed by atoms with Gasteiger partial charge < -0.3 is 4.90 Å². The molecule has 2 aliphatic heterocycles. The van der Waals surface area contributed by atoms with Gasteiger partial charge in [0, 0.05) is 37.1 Å². The Hall–Kier alpha value is -0.880. The van der Waals surface area contributed by atoms with E-state index in [1.54, 1.807) is 35.2 Å². The molecule has 0 radical (unpaired) electrons. The molecule has 0 aliphatic carbocycles. The lowest BCUT2D eigenvalue weighted by Gasteiger charge is -2.38. The van der Waals surface area contributed by atoms with E-state index in [-0.39, 0.29) is 5.82 Å². The summed E-state index contributed by atoms with van der Waals surface area (Å²) in [6.07, 6.45) is 0.982. The van der Waals surface area contributed by atoms with E-state index < -0.39 is 0 Å². The molecule has 2 aromatic rings. The van der Waals surface area contributed by atoms with E-state index in [1.807, 2.05) is 6.07 Å². The molecule has 1 unspecified atom stereocenters. The molecule has 5 heteroatoms. The Bertz CT molecular complexity index is 677. The molecule has 0 saturated carbocycles. The number of fused-ring (bicyclic) bond motifs is 2. The van der Waals surface area contributed by atoms with Crippen LogP contribution in [-0.4, -0.2) is 43.0 Å². The van der Waals surface area contributed by atoms with Crippen molar-refractivity contribution in [3.8, 4) is 0 Å².